The van der Waals surface area contributed by atoms with E-state index < -0.39 is 0 Å². The van der Waals surface area contributed by atoms with E-state index >= 15 is 0 Å². The van der Waals surface area contributed by atoms with E-state index in [1.54, 1.807) is 7.05 Å². The van der Waals surface area contributed by atoms with Gasteiger partial charge in [-0.1, -0.05) is 0 Å². The van der Waals surface area contributed by atoms with Crippen molar-refractivity contribution in [3.63, 3.8) is 0 Å². The molecule has 0 N–H and O–H groups in total. The Balaban J connectivity index is 1.76. The Morgan fingerprint density at radius 2 is 2.12 bits per heavy atom. The molecule has 1 amide bonds. The van der Waals surface area contributed by atoms with E-state index in [0.717, 1.165) is 57.3 Å². The molecule has 0 aliphatic carbocycles. The highest BCUT2D eigenvalue weighted by Crippen LogP contribution is 2.19. The number of morpholine rings is 1. The molecule has 2 aliphatic heterocycles. The first kappa shape index (κ1) is 17.4. The molecule has 1 aromatic rings. The summed E-state index contributed by atoms with van der Waals surface area (Å²) in [5.41, 5.74) is 0.138. The molecule has 0 radical (unpaired) electrons. The van der Waals surface area contributed by atoms with Gasteiger partial charge < -0.3 is 9.64 Å². The number of thioether (sulfide) groups is 1. The highest BCUT2D eigenvalue weighted by atomic mass is 32.2. The van der Waals surface area contributed by atoms with Gasteiger partial charge in [0.05, 0.1) is 19.3 Å². The topological polar surface area (TPSA) is 67.7 Å². The van der Waals surface area contributed by atoms with E-state index in [4.69, 9.17) is 4.74 Å². The molecule has 0 aromatic carbocycles. The molecule has 1 aromatic heterocycles. The smallest absolute Gasteiger partial charge is 0.274 e. The number of ether oxygens (including phenoxy) is 1. The highest BCUT2D eigenvalue weighted by molar-refractivity contribution is 7.99. The number of amides is 1. The largest absolute Gasteiger partial charge is 0.379 e. The van der Waals surface area contributed by atoms with E-state index in [9.17, 15) is 9.59 Å². The fraction of sp³-hybridized carbons (Fsp3) is 0.688. The normalized spacial score (nSPS) is 23.0. The maximum absolute atomic E-state index is 13.0. The predicted molar refractivity (Wildman–Crippen MR) is 93.5 cm³/mol. The minimum absolute atomic E-state index is 0.0774. The van der Waals surface area contributed by atoms with Crippen molar-refractivity contribution >= 4 is 17.7 Å². The number of rotatable bonds is 3. The van der Waals surface area contributed by atoms with E-state index in [1.807, 2.05) is 16.7 Å². The van der Waals surface area contributed by atoms with Crippen molar-refractivity contribution in [1.29, 1.82) is 0 Å². The third-order valence-corrected chi connectivity index (χ3v) is 5.65. The minimum Gasteiger partial charge on any atom is -0.379 e. The third-order valence-electron chi connectivity index (χ3n) is 4.45. The van der Waals surface area contributed by atoms with Gasteiger partial charge in [-0.2, -0.15) is 16.9 Å². The van der Waals surface area contributed by atoms with Gasteiger partial charge >= 0.3 is 0 Å². The van der Waals surface area contributed by atoms with Crippen LogP contribution in [0.5, 0.6) is 0 Å². The van der Waals surface area contributed by atoms with E-state index in [0.29, 0.717) is 5.69 Å². The van der Waals surface area contributed by atoms with Gasteiger partial charge in [0.2, 0.25) is 0 Å². The van der Waals surface area contributed by atoms with Crippen LogP contribution in [0.15, 0.2) is 16.9 Å². The lowest BCUT2D eigenvalue weighted by molar-refractivity contribution is 0.0243. The molecule has 0 bridgehead atoms. The number of carbonyl (C=O) groups is 1. The Bertz CT molecular complexity index is 630. The van der Waals surface area contributed by atoms with Crippen LogP contribution in [-0.4, -0.2) is 82.4 Å². The monoisotopic (exact) mass is 352 g/mol. The summed E-state index contributed by atoms with van der Waals surface area (Å²) in [6.45, 7) is 4.97. The zero-order valence-electron chi connectivity index (χ0n) is 14.0. The maximum Gasteiger partial charge on any atom is 0.274 e. The SMILES string of the molecule is Cn1nc(C(=O)N2CCCSC[C@H]2CN2CCOCC2)ccc1=O. The molecular formula is C16H24N4O3S. The van der Waals surface area contributed by atoms with E-state index in [1.165, 1.54) is 16.8 Å². The summed E-state index contributed by atoms with van der Waals surface area (Å²) in [6.07, 6.45) is 0.988. The van der Waals surface area contributed by atoms with Crippen LogP contribution in [0.2, 0.25) is 0 Å². The Morgan fingerprint density at radius 3 is 2.88 bits per heavy atom. The van der Waals surface area contributed by atoms with Gasteiger partial charge in [0.15, 0.2) is 0 Å². The molecule has 8 heteroatoms. The van der Waals surface area contributed by atoms with Crippen LogP contribution in [0.25, 0.3) is 0 Å². The molecule has 1 atom stereocenters. The van der Waals surface area contributed by atoms with Gasteiger partial charge in [0.25, 0.3) is 11.5 Å². The number of hydrogen-bond donors (Lipinski definition) is 0. The van der Waals surface area contributed by atoms with Crippen molar-refractivity contribution in [2.45, 2.75) is 12.5 Å². The van der Waals surface area contributed by atoms with Gasteiger partial charge in [-0.3, -0.25) is 14.5 Å². The summed E-state index contributed by atoms with van der Waals surface area (Å²) < 4.78 is 6.63. The predicted octanol–water partition coefficient (Wildman–Crippen LogP) is 0.0602. The molecule has 0 unspecified atom stereocenters. The van der Waals surface area contributed by atoms with Crippen LogP contribution in [0.4, 0.5) is 0 Å². The molecule has 0 saturated carbocycles. The summed E-state index contributed by atoms with van der Waals surface area (Å²) in [5, 5.41) is 4.13. The van der Waals surface area contributed by atoms with Crippen molar-refractivity contribution in [1.82, 2.24) is 19.6 Å². The van der Waals surface area contributed by atoms with Crippen molar-refractivity contribution in [3.05, 3.63) is 28.2 Å². The van der Waals surface area contributed by atoms with E-state index in [-0.39, 0.29) is 17.5 Å². The number of aryl methyl sites for hydroxylation is 1. The lowest BCUT2D eigenvalue weighted by Crippen LogP contribution is -2.50. The Labute approximate surface area is 145 Å². The van der Waals surface area contributed by atoms with Crippen LogP contribution in [0.3, 0.4) is 0 Å². The summed E-state index contributed by atoms with van der Waals surface area (Å²) in [4.78, 5) is 28.8. The summed E-state index contributed by atoms with van der Waals surface area (Å²) >= 11 is 1.91. The molecule has 2 aliphatic rings. The van der Waals surface area contributed by atoms with Gasteiger partial charge in [0.1, 0.15) is 5.69 Å². The van der Waals surface area contributed by atoms with Crippen molar-refractivity contribution < 1.29 is 9.53 Å². The second-order valence-electron chi connectivity index (χ2n) is 6.17. The highest BCUT2D eigenvalue weighted by Gasteiger charge is 2.29. The van der Waals surface area contributed by atoms with Gasteiger partial charge in [0, 0.05) is 45.0 Å². The minimum atomic E-state index is -0.206. The molecular weight excluding hydrogens is 328 g/mol. The van der Waals surface area contributed by atoms with Gasteiger partial charge in [-0.25, -0.2) is 4.68 Å². The molecule has 2 fully saturated rings. The van der Waals surface area contributed by atoms with Gasteiger partial charge in [-0.05, 0) is 18.2 Å². The summed E-state index contributed by atoms with van der Waals surface area (Å²) in [5.74, 6) is 1.94. The first-order valence-corrected chi connectivity index (χ1v) is 9.54. The summed E-state index contributed by atoms with van der Waals surface area (Å²) in [7, 11) is 1.57. The van der Waals surface area contributed by atoms with Crippen molar-refractivity contribution in [2.24, 2.45) is 7.05 Å². The number of hydrogen-bond acceptors (Lipinski definition) is 6. The second-order valence-corrected chi connectivity index (χ2v) is 7.32. The molecule has 3 rings (SSSR count). The number of carbonyl (C=O) groups excluding carboxylic acids is 1. The van der Waals surface area contributed by atoms with Crippen molar-refractivity contribution in [2.75, 3.05) is 50.9 Å². The number of nitrogens with zero attached hydrogens (tertiary/aromatic N) is 4. The quantitative estimate of drug-likeness (QED) is 0.766. The molecule has 2 saturated heterocycles. The van der Waals surface area contributed by atoms with Crippen LogP contribution in [0, 0.1) is 0 Å². The fourth-order valence-corrected chi connectivity index (χ4v) is 4.15. The van der Waals surface area contributed by atoms with Crippen LogP contribution >= 0.6 is 11.8 Å². The zero-order chi connectivity index (χ0) is 16.9. The first-order chi connectivity index (χ1) is 11.6. The molecule has 132 valence electrons. The van der Waals surface area contributed by atoms with Gasteiger partial charge in [-0.15, -0.1) is 0 Å². The molecule has 0 spiro atoms. The van der Waals surface area contributed by atoms with Crippen LogP contribution < -0.4 is 5.56 Å². The average Bonchev–Trinajstić information content (AvgIpc) is 2.83. The van der Waals surface area contributed by atoms with Crippen molar-refractivity contribution in [3.8, 4) is 0 Å². The lowest BCUT2D eigenvalue weighted by Gasteiger charge is -2.35. The fourth-order valence-electron chi connectivity index (χ4n) is 3.09. The maximum atomic E-state index is 13.0. The standard InChI is InChI=1S/C16H24N4O3S/c1-18-15(21)4-3-14(17-18)16(22)20-5-2-10-24-12-13(20)11-19-6-8-23-9-7-19/h3-4,13H,2,5-12H2,1H3/t13-/m1/s1. The second kappa shape index (κ2) is 8.13. The average molecular weight is 352 g/mol. The third kappa shape index (κ3) is 4.17. The molecule has 3 heterocycles. The Morgan fingerprint density at radius 1 is 1.33 bits per heavy atom. The van der Waals surface area contributed by atoms with Crippen LogP contribution in [-0.2, 0) is 11.8 Å². The Kier molecular flexibility index (Phi) is 5.91. The number of aromatic nitrogens is 2. The van der Waals surface area contributed by atoms with E-state index in [2.05, 4.69) is 10.00 Å². The molecule has 7 nitrogen and oxygen atoms in total. The summed E-state index contributed by atoms with van der Waals surface area (Å²) in [6, 6.07) is 3.11. The van der Waals surface area contributed by atoms with Crippen LogP contribution in [0.1, 0.15) is 16.9 Å². The molecule has 24 heavy (non-hydrogen) atoms. The zero-order valence-corrected chi connectivity index (χ0v) is 14.8. The Hall–Kier alpha value is -1.38. The lowest BCUT2D eigenvalue weighted by atomic mass is 10.2. The first-order valence-electron chi connectivity index (χ1n) is 8.38.